The summed E-state index contributed by atoms with van der Waals surface area (Å²) in [6, 6.07) is 12.7. The fourth-order valence-electron chi connectivity index (χ4n) is 4.57. The summed E-state index contributed by atoms with van der Waals surface area (Å²) in [6.45, 7) is 4.46. The Morgan fingerprint density at radius 1 is 1.12 bits per heavy atom. The van der Waals surface area contributed by atoms with Gasteiger partial charge in [0.2, 0.25) is 5.91 Å². The van der Waals surface area contributed by atoms with Gasteiger partial charge >= 0.3 is 0 Å². The number of amides is 1. The van der Waals surface area contributed by atoms with Gasteiger partial charge in [-0.2, -0.15) is 0 Å². The number of rotatable bonds is 7. The SMILES string of the molecule is COc1ccc(-n2c(SCC(=O)N[C@@H]3CCC[C@@H](C)[C@H]3C)nc3ccccc3c2=O)cc1OC. The lowest BCUT2D eigenvalue weighted by atomic mass is 9.78. The van der Waals surface area contributed by atoms with Crippen molar-refractivity contribution in [2.45, 2.75) is 44.3 Å². The van der Waals surface area contributed by atoms with Crippen molar-refractivity contribution in [1.29, 1.82) is 0 Å². The summed E-state index contributed by atoms with van der Waals surface area (Å²) in [5, 5.41) is 4.17. The summed E-state index contributed by atoms with van der Waals surface area (Å²) in [4.78, 5) is 31.0. The number of nitrogens with zero attached hydrogens (tertiary/aromatic N) is 2. The molecule has 8 heteroatoms. The number of fused-ring (bicyclic) bond motifs is 1. The minimum Gasteiger partial charge on any atom is -0.493 e. The summed E-state index contributed by atoms with van der Waals surface area (Å²) in [5.74, 6) is 2.26. The second-order valence-electron chi connectivity index (χ2n) is 8.82. The molecule has 1 amide bonds. The zero-order chi connectivity index (χ0) is 24.2. The first-order valence-electron chi connectivity index (χ1n) is 11.6. The van der Waals surface area contributed by atoms with E-state index in [1.807, 2.05) is 18.2 Å². The summed E-state index contributed by atoms with van der Waals surface area (Å²) in [5.41, 5.74) is 0.996. The van der Waals surface area contributed by atoms with Crippen molar-refractivity contribution in [2.24, 2.45) is 11.8 Å². The smallest absolute Gasteiger partial charge is 0.266 e. The van der Waals surface area contributed by atoms with Gasteiger partial charge in [-0.15, -0.1) is 0 Å². The Morgan fingerprint density at radius 3 is 2.65 bits per heavy atom. The average molecular weight is 482 g/mol. The van der Waals surface area contributed by atoms with Crippen molar-refractivity contribution in [3.05, 3.63) is 52.8 Å². The van der Waals surface area contributed by atoms with Gasteiger partial charge in [0, 0.05) is 12.1 Å². The van der Waals surface area contributed by atoms with Gasteiger partial charge in [0.15, 0.2) is 16.7 Å². The number of carbonyl (C=O) groups is 1. The second-order valence-corrected chi connectivity index (χ2v) is 9.76. The standard InChI is InChI=1S/C26H31N3O4S/c1-16-8-7-11-20(17(16)2)27-24(30)15-34-26-28-21-10-6-5-9-19(21)25(31)29(26)18-12-13-22(32-3)23(14-18)33-4/h5-6,9-10,12-14,16-17,20H,7-8,11,15H2,1-4H3,(H,27,30)/t16-,17-,20-/m1/s1. The highest BCUT2D eigenvalue weighted by Gasteiger charge is 2.28. The highest BCUT2D eigenvalue weighted by molar-refractivity contribution is 7.99. The van der Waals surface area contributed by atoms with E-state index in [2.05, 4.69) is 19.2 Å². The van der Waals surface area contributed by atoms with Crippen molar-refractivity contribution in [3.8, 4) is 17.2 Å². The third-order valence-electron chi connectivity index (χ3n) is 6.76. The molecule has 0 unspecified atom stereocenters. The number of ether oxygens (including phenoxy) is 2. The van der Waals surface area contributed by atoms with Crippen LogP contribution in [-0.2, 0) is 4.79 Å². The summed E-state index contributed by atoms with van der Waals surface area (Å²) >= 11 is 1.26. The van der Waals surface area contributed by atoms with Gasteiger partial charge in [-0.05, 0) is 42.5 Å². The van der Waals surface area contributed by atoms with Crippen molar-refractivity contribution in [1.82, 2.24) is 14.9 Å². The number of benzene rings is 2. The van der Waals surface area contributed by atoms with Crippen LogP contribution in [0.5, 0.6) is 11.5 Å². The lowest BCUT2D eigenvalue weighted by Crippen LogP contribution is -2.44. The van der Waals surface area contributed by atoms with Gasteiger partial charge in [-0.25, -0.2) is 4.98 Å². The quantitative estimate of drug-likeness (QED) is 0.397. The maximum atomic E-state index is 13.5. The Kier molecular flexibility index (Phi) is 7.46. The monoisotopic (exact) mass is 481 g/mol. The van der Waals surface area contributed by atoms with Gasteiger partial charge in [-0.3, -0.25) is 14.2 Å². The molecule has 34 heavy (non-hydrogen) atoms. The van der Waals surface area contributed by atoms with Crippen molar-refractivity contribution >= 4 is 28.6 Å². The molecule has 1 saturated carbocycles. The molecule has 0 spiro atoms. The van der Waals surface area contributed by atoms with Gasteiger partial charge in [0.25, 0.3) is 5.56 Å². The zero-order valence-electron chi connectivity index (χ0n) is 20.0. The third-order valence-corrected chi connectivity index (χ3v) is 7.69. The van der Waals surface area contributed by atoms with Gasteiger partial charge in [0.1, 0.15) is 0 Å². The van der Waals surface area contributed by atoms with E-state index in [9.17, 15) is 9.59 Å². The zero-order valence-corrected chi connectivity index (χ0v) is 20.9. The molecule has 3 atom stereocenters. The van der Waals surface area contributed by atoms with E-state index in [-0.39, 0.29) is 23.3 Å². The normalized spacial score (nSPS) is 20.2. The number of hydrogen-bond acceptors (Lipinski definition) is 6. The molecule has 1 fully saturated rings. The molecule has 0 bridgehead atoms. The van der Waals surface area contributed by atoms with Crippen LogP contribution in [-0.4, -0.2) is 41.5 Å². The number of nitrogens with one attached hydrogen (secondary N) is 1. The fraction of sp³-hybridized carbons (Fsp3) is 0.423. The Balaban J connectivity index is 1.65. The van der Waals surface area contributed by atoms with E-state index in [1.54, 1.807) is 38.5 Å². The fourth-order valence-corrected chi connectivity index (χ4v) is 5.39. The van der Waals surface area contributed by atoms with Crippen molar-refractivity contribution in [3.63, 3.8) is 0 Å². The lowest BCUT2D eigenvalue weighted by molar-refractivity contribution is -0.120. The third kappa shape index (κ3) is 4.92. The minimum atomic E-state index is -0.199. The molecule has 1 aliphatic rings. The molecule has 1 aromatic heterocycles. The first-order valence-corrected chi connectivity index (χ1v) is 12.6. The van der Waals surface area contributed by atoms with Crippen LogP contribution >= 0.6 is 11.8 Å². The van der Waals surface area contributed by atoms with Crippen LogP contribution in [0.2, 0.25) is 0 Å². The van der Waals surface area contributed by atoms with Crippen LogP contribution in [0.3, 0.4) is 0 Å². The highest BCUT2D eigenvalue weighted by Crippen LogP contribution is 2.31. The topological polar surface area (TPSA) is 82.5 Å². The van der Waals surface area contributed by atoms with E-state index in [0.717, 1.165) is 12.8 Å². The first kappa shape index (κ1) is 24.1. The van der Waals surface area contributed by atoms with Crippen molar-refractivity contribution < 1.29 is 14.3 Å². The number of methoxy groups -OCH3 is 2. The molecule has 1 N–H and O–H groups in total. The Hall–Kier alpha value is -3.00. The highest BCUT2D eigenvalue weighted by atomic mass is 32.2. The second kappa shape index (κ2) is 10.5. The van der Waals surface area contributed by atoms with Crippen LogP contribution in [0, 0.1) is 11.8 Å². The number of para-hydroxylation sites is 1. The Morgan fingerprint density at radius 2 is 1.88 bits per heavy atom. The minimum absolute atomic E-state index is 0.0442. The average Bonchev–Trinajstić information content (AvgIpc) is 2.85. The molecule has 0 radical (unpaired) electrons. The molecular weight excluding hydrogens is 450 g/mol. The Bertz CT molecular complexity index is 1240. The maximum absolute atomic E-state index is 13.5. The first-order chi connectivity index (χ1) is 16.4. The van der Waals surface area contributed by atoms with E-state index >= 15 is 0 Å². The maximum Gasteiger partial charge on any atom is 0.266 e. The van der Waals surface area contributed by atoms with Gasteiger partial charge in [-0.1, -0.05) is 50.6 Å². The van der Waals surface area contributed by atoms with E-state index in [0.29, 0.717) is 45.1 Å². The number of carbonyl (C=O) groups excluding carboxylic acids is 1. The molecule has 0 saturated heterocycles. The number of thioether (sulfide) groups is 1. The predicted octanol–water partition coefficient (Wildman–Crippen LogP) is 4.44. The number of aromatic nitrogens is 2. The molecule has 4 rings (SSSR count). The summed E-state index contributed by atoms with van der Waals surface area (Å²) in [7, 11) is 3.12. The largest absolute Gasteiger partial charge is 0.493 e. The van der Waals surface area contributed by atoms with Crippen LogP contribution in [0.1, 0.15) is 33.1 Å². The van der Waals surface area contributed by atoms with Gasteiger partial charge in [0.05, 0.1) is 36.6 Å². The molecule has 7 nitrogen and oxygen atoms in total. The number of hydrogen-bond donors (Lipinski definition) is 1. The molecule has 0 aliphatic heterocycles. The lowest BCUT2D eigenvalue weighted by Gasteiger charge is -2.34. The van der Waals surface area contributed by atoms with E-state index < -0.39 is 0 Å². The Labute approximate surface area is 203 Å². The molecule has 180 valence electrons. The molecular formula is C26H31N3O4S. The molecule has 2 aromatic carbocycles. The molecule has 1 heterocycles. The van der Waals surface area contributed by atoms with E-state index in [1.165, 1.54) is 22.7 Å². The van der Waals surface area contributed by atoms with Crippen LogP contribution in [0.4, 0.5) is 0 Å². The van der Waals surface area contributed by atoms with Crippen LogP contribution in [0.15, 0.2) is 52.4 Å². The van der Waals surface area contributed by atoms with Crippen LogP contribution in [0.25, 0.3) is 16.6 Å². The summed E-state index contributed by atoms with van der Waals surface area (Å²) in [6.07, 6.45) is 3.35. The molecule has 3 aromatic rings. The molecule has 1 aliphatic carbocycles. The van der Waals surface area contributed by atoms with E-state index in [4.69, 9.17) is 14.5 Å². The summed E-state index contributed by atoms with van der Waals surface area (Å²) < 4.78 is 12.3. The van der Waals surface area contributed by atoms with Gasteiger partial charge < -0.3 is 14.8 Å². The van der Waals surface area contributed by atoms with Crippen molar-refractivity contribution in [2.75, 3.05) is 20.0 Å². The van der Waals surface area contributed by atoms with Crippen LogP contribution < -0.4 is 20.3 Å². The predicted molar refractivity (Wildman–Crippen MR) is 135 cm³/mol.